The van der Waals surface area contributed by atoms with Crippen molar-refractivity contribution < 1.29 is 14.7 Å². The number of benzene rings is 3. The number of nitrogens with zero attached hydrogens (tertiary/aromatic N) is 1. The third-order valence-electron chi connectivity index (χ3n) is 3.49. The average molecular weight is 333 g/mol. The number of carbonyl (C=O) groups is 2. The maximum Gasteiger partial charge on any atom is 0.329 e. The predicted molar refractivity (Wildman–Crippen MR) is 96.4 cm³/mol. The quantitative estimate of drug-likeness (QED) is 0.391. The molecular formula is C19H15N3O3. The SMILES string of the molecule is O=C(N/N=C/c1cccc(O)c1)C(=O)Nc1cccc2ccccc12. The van der Waals surface area contributed by atoms with E-state index in [4.69, 9.17) is 0 Å². The number of aromatic hydroxyl groups is 1. The summed E-state index contributed by atoms with van der Waals surface area (Å²) >= 11 is 0. The van der Waals surface area contributed by atoms with Crippen LogP contribution in [0.4, 0.5) is 5.69 Å². The number of carbonyl (C=O) groups excluding carboxylic acids is 2. The first-order chi connectivity index (χ1) is 12.1. The second kappa shape index (κ2) is 7.27. The normalized spacial score (nSPS) is 10.7. The molecule has 3 N–H and O–H groups in total. The molecule has 0 aliphatic carbocycles. The van der Waals surface area contributed by atoms with E-state index < -0.39 is 11.8 Å². The van der Waals surface area contributed by atoms with Gasteiger partial charge >= 0.3 is 11.8 Å². The molecule has 2 amide bonds. The molecule has 0 saturated heterocycles. The number of rotatable bonds is 3. The Morgan fingerprint density at radius 2 is 1.68 bits per heavy atom. The van der Waals surface area contributed by atoms with Gasteiger partial charge in [-0.05, 0) is 29.1 Å². The van der Waals surface area contributed by atoms with Gasteiger partial charge in [-0.1, -0.05) is 48.5 Å². The topological polar surface area (TPSA) is 90.8 Å². The molecule has 0 unspecified atom stereocenters. The van der Waals surface area contributed by atoms with Crippen molar-refractivity contribution >= 4 is 34.5 Å². The van der Waals surface area contributed by atoms with Gasteiger partial charge in [0.15, 0.2) is 0 Å². The standard InChI is InChI=1S/C19H15N3O3/c23-15-8-3-5-13(11-15)12-20-22-19(25)18(24)21-17-10-4-7-14-6-1-2-9-16(14)17/h1-12,23H,(H,21,24)(H,22,25)/b20-12+. The molecule has 3 rings (SSSR count). The van der Waals surface area contributed by atoms with Crippen LogP contribution in [0.5, 0.6) is 5.75 Å². The fourth-order valence-corrected chi connectivity index (χ4v) is 2.33. The van der Waals surface area contributed by atoms with Crippen molar-refractivity contribution in [2.24, 2.45) is 5.10 Å². The number of hydrogen-bond acceptors (Lipinski definition) is 4. The Kier molecular flexibility index (Phi) is 4.71. The van der Waals surface area contributed by atoms with Gasteiger partial charge in [0.05, 0.1) is 6.21 Å². The molecule has 124 valence electrons. The molecule has 0 radical (unpaired) electrons. The Bertz CT molecular complexity index is 962. The Labute approximate surface area is 143 Å². The molecule has 0 aliphatic rings. The van der Waals surface area contributed by atoms with Gasteiger partial charge in [0.2, 0.25) is 0 Å². The third kappa shape index (κ3) is 4.00. The summed E-state index contributed by atoms with van der Waals surface area (Å²) in [4.78, 5) is 23.9. The van der Waals surface area contributed by atoms with Crippen LogP contribution in [0.1, 0.15) is 5.56 Å². The lowest BCUT2D eigenvalue weighted by atomic mass is 10.1. The molecular weight excluding hydrogens is 318 g/mol. The summed E-state index contributed by atoms with van der Waals surface area (Å²) in [5.74, 6) is -1.61. The number of amides is 2. The summed E-state index contributed by atoms with van der Waals surface area (Å²) in [5, 5.41) is 17.4. The lowest BCUT2D eigenvalue weighted by Gasteiger charge is -2.07. The summed E-state index contributed by atoms with van der Waals surface area (Å²) in [7, 11) is 0. The van der Waals surface area contributed by atoms with E-state index in [1.807, 2.05) is 30.3 Å². The highest BCUT2D eigenvalue weighted by molar-refractivity contribution is 6.40. The fourth-order valence-electron chi connectivity index (χ4n) is 2.33. The van der Waals surface area contributed by atoms with Gasteiger partial charge in [-0.2, -0.15) is 5.10 Å². The maximum atomic E-state index is 12.0. The summed E-state index contributed by atoms with van der Waals surface area (Å²) in [5.41, 5.74) is 3.30. The lowest BCUT2D eigenvalue weighted by molar-refractivity contribution is -0.136. The van der Waals surface area contributed by atoms with Crippen molar-refractivity contribution in [3.63, 3.8) is 0 Å². The van der Waals surface area contributed by atoms with E-state index in [1.54, 1.807) is 24.3 Å². The van der Waals surface area contributed by atoms with Crippen LogP contribution in [0.2, 0.25) is 0 Å². The molecule has 0 atom stereocenters. The number of phenolic OH excluding ortho intramolecular Hbond substituents is 1. The van der Waals surface area contributed by atoms with Crippen LogP contribution in [0.25, 0.3) is 10.8 Å². The van der Waals surface area contributed by atoms with Gasteiger partial charge in [-0.25, -0.2) is 5.43 Å². The Hall–Kier alpha value is -3.67. The van der Waals surface area contributed by atoms with Gasteiger partial charge in [0.25, 0.3) is 0 Å². The van der Waals surface area contributed by atoms with Crippen molar-refractivity contribution in [3.05, 3.63) is 72.3 Å². The summed E-state index contributed by atoms with van der Waals surface area (Å²) in [6, 6.07) is 19.3. The highest BCUT2D eigenvalue weighted by Crippen LogP contribution is 2.22. The van der Waals surface area contributed by atoms with Crippen molar-refractivity contribution in [2.45, 2.75) is 0 Å². The fraction of sp³-hybridized carbons (Fsp3) is 0. The Morgan fingerprint density at radius 1 is 0.920 bits per heavy atom. The minimum atomic E-state index is -0.885. The smallest absolute Gasteiger partial charge is 0.329 e. The van der Waals surface area contributed by atoms with Gasteiger partial charge in [0, 0.05) is 11.1 Å². The van der Waals surface area contributed by atoms with Crippen LogP contribution in [-0.2, 0) is 9.59 Å². The summed E-state index contributed by atoms with van der Waals surface area (Å²) < 4.78 is 0. The molecule has 0 saturated carbocycles. The number of nitrogens with one attached hydrogen (secondary N) is 2. The Morgan fingerprint density at radius 3 is 2.52 bits per heavy atom. The second-order valence-electron chi connectivity index (χ2n) is 5.27. The zero-order chi connectivity index (χ0) is 17.6. The van der Waals surface area contributed by atoms with Gasteiger partial charge in [0.1, 0.15) is 5.75 Å². The zero-order valence-corrected chi connectivity index (χ0v) is 13.1. The molecule has 3 aromatic rings. The van der Waals surface area contributed by atoms with Crippen LogP contribution in [0.3, 0.4) is 0 Å². The number of anilines is 1. The molecule has 0 aliphatic heterocycles. The van der Waals surface area contributed by atoms with Gasteiger partial charge < -0.3 is 10.4 Å². The van der Waals surface area contributed by atoms with E-state index in [1.165, 1.54) is 18.3 Å². The Balaban J connectivity index is 1.65. The number of fused-ring (bicyclic) bond motifs is 1. The molecule has 0 spiro atoms. The first-order valence-corrected chi connectivity index (χ1v) is 7.55. The van der Waals surface area contributed by atoms with E-state index >= 15 is 0 Å². The van der Waals surface area contributed by atoms with Crippen molar-refractivity contribution in [2.75, 3.05) is 5.32 Å². The molecule has 0 aromatic heterocycles. The highest BCUT2D eigenvalue weighted by Gasteiger charge is 2.14. The lowest BCUT2D eigenvalue weighted by Crippen LogP contribution is -2.32. The largest absolute Gasteiger partial charge is 0.508 e. The minimum absolute atomic E-state index is 0.0870. The second-order valence-corrected chi connectivity index (χ2v) is 5.27. The highest BCUT2D eigenvalue weighted by atomic mass is 16.3. The van der Waals surface area contributed by atoms with Crippen LogP contribution in [0.15, 0.2) is 71.8 Å². The summed E-state index contributed by atoms with van der Waals surface area (Å²) in [6.45, 7) is 0. The van der Waals surface area contributed by atoms with E-state index in [-0.39, 0.29) is 5.75 Å². The molecule has 25 heavy (non-hydrogen) atoms. The maximum absolute atomic E-state index is 12.0. The van der Waals surface area contributed by atoms with Crippen LogP contribution in [-0.4, -0.2) is 23.1 Å². The predicted octanol–water partition coefficient (Wildman–Crippen LogP) is 2.63. The summed E-state index contributed by atoms with van der Waals surface area (Å²) in [6.07, 6.45) is 1.34. The number of phenols is 1. The molecule has 0 bridgehead atoms. The molecule has 0 heterocycles. The van der Waals surface area contributed by atoms with Crippen LogP contribution < -0.4 is 10.7 Å². The average Bonchev–Trinajstić information content (AvgIpc) is 2.62. The van der Waals surface area contributed by atoms with Crippen molar-refractivity contribution in [1.29, 1.82) is 0 Å². The first-order valence-electron chi connectivity index (χ1n) is 7.55. The first kappa shape index (κ1) is 16.2. The van der Waals surface area contributed by atoms with Gasteiger partial charge in [-0.3, -0.25) is 9.59 Å². The third-order valence-corrected chi connectivity index (χ3v) is 3.49. The van der Waals surface area contributed by atoms with Gasteiger partial charge in [-0.15, -0.1) is 0 Å². The number of hydrogen-bond donors (Lipinski definition) is 3. The monoisotopic (exact) mass is 333 g/mol. The zero-order valence-electron chi connectivity index (χ0n) is 13.1. The van der Waals surface area contributed by atoms with E-state index in [9.17, 15) is 14.7 Å². The molecule has 6 heteroatoms. The van der Waals surface area contributed by atoms with E-state index in [0.29, 0.717) is 11.3 Å². The van der Waals surface area contributed by atoms with Crippen LogP contribution >= 0.6 is 0 Å². The molecule has 3 aromatic carbocycles. The minimum Gasteiger partial charge on any atom is -0.508 e. The number of hydrazone groups is 1. The van der Waals surface area contributed by atoms with Crippen molar-refractivity contribution in [1.82, 2.24) is 5.43 Å². The molecule has 0 fully saturated rings. The van der Waals surface area contributed by atoms with E-state index in [2.05, 4.69) is 15.8 Å². The van der Waals surface area contributed by atoms with Crippen molar-refractivity contribution in [3.8, 4) is 5.75 Å². The van der Waals surface area contributed by atoms with Crippen LogP contribution in [0, 0.1) is 0 Å². The van der Waals surface area contributed by atoms with E-state index in [0.717, 1.165) is 10.8 Å². The molecule has 6 nitrogen and oxygen atoms in total.